The minimum absolute atomic E-state index is 0.247. The fraction of sp³-hybridized carbons (Fsp3) is 0.364. The lowest BCUT2D eigenvalue weighted by Gasteiger charge is -2.10. The van der Waals surface area contributed by atoms with Gasteiger partial charge in [-0.25, -0.2) is 4.39 Å². The molecule has 0 heterocycles. The number of ether oxygens (including phenoxy) is 2. The molecule has 0 bridgehead atoms. The molecule has 5 heteroatoms. The fourth-order valence-electron chi connectivity index (χ4n) is 1.21. The third-order valence-electron chi connectivity index (χ3n) is 2.04. The smallest absolute Gasteiger partial charge is 0.307 e. The van der Waals surface area contributed by atoms with Gasteiger partial charge in [-0.2, -0.15) is 0 Å². The number of rotatable bonds is 5. The van der Waals surface area contributed by atoms with Gasteiger partial charge in [-0.05, 0) is 12.1 Å². The highest BCUT2D eigenvalue weighted by molar-refractivity contribution is 5.70. The van der Waals surface area contributed by atoms with E-state index in [1.807, 2.05) is 0 Å². The summed E-state index contributed by atoms with van der Waals surface area (Å²) in [5.41, 5.74) is 0.646. The van der Waals surface area contributed by atoms with Gasteiger partial charge in [0, 0.05) is 12.6 Å². The maximum atomic E-state index is 12.9. The zero-order chi connectivity index (χ0) is 12.0. The summed E-state index contributed by atoms with van der Waals surface area (Å²) in [4.78, 5) is 10.9. The molecule has 88 valence electrons. The van der Waals surface area contributed by atoms with E-state index in [4.69, 9.17) is 4.74 Å². The summed E-state index contributed by atoms with van der Waals surface area (Å²) >= 11 is 0. The lowest BCUT2D eigenvalue weighted by molar-refractivity contribution is -0.140. The number of anilines is 1. The van der Waals surface area contributed by atoms with Gasteiger partial charge in [-0.1, -0.05) is 0 Å². The van der Waals surface area contributed by atoms with E-state index >= 15 is 0 Å². The molecule has 1 N–H and O–H groups in total. The molecule has 16 heavy (non-hydrogen) atoms. The molecule has 0 saturated heterocycles. The molecule has 0 aliphatic carbocycles. The van der Waals surface area contributed by atoms with E-state index in [-0.39, 0.29) is 18.2 Å². The second-order valence-corrected chi connectivity index (χ2v) is 3.10. The summed E-state index contributed by atoms with van der Waals surface area (Å²) in [6.07, 6.45) is 0.247. The molecular formula is C11H14FNO3. The molecule has 0 unspecified atom stereocenters. The lowest BCUT2D eigenvalue weighted by atomic mass is 10.2. The summed E-state index contributed by atoms with van der Waals surface area (Å²) in [6, 6.07) is 4.16. The third-order valence-corrected chi connectivity index (χ3v) is 2.04. The van der Waals surface area contributed by atoms with Crippen molar-refractivity contribution in [3.63, 3.8) is 0 Å². The number of hydrogen-bond acceptors (Lipinski definition) is 4. The number of carbonyl (C=O) groups excluding carboxylic acids is 1. The molecule has 0 radical (unpaired) electrons. The van der Waals surface area contributed by atoms with Crippen LogP contribution in [0, 0.1) is 5.82 Å². The number of methoxy groups -OCH3 is 2. The summed E-state index contributed by atoms with van der Waals surface area (Å²) in [5, 5.41) is 2.96. The second-order valence-electron chi connectivity index (χ2n) is 3.10. The Morgan fingerprint density at radius 1 is 1.44 bits per heavy atom. The molecule has 0 amide bonds. The second kappa shape index (κ2) is 5.95. The van der Waals surface area contributed by atoms with Crippen molar-refractivity contribution in [2.24, 2.45) is 0 Å². The van der Waals surface area contributed by atoms with Crippen molar-refractivity contribution in [2.45, 2.75) is 6.42 Å². The molecule has 1 aromatic rings. The lowest BCUT2D eigenvalue weighted by Crippen LogP contribution is -2.10. The van der Waals surface area contributed by atoms with Crippen molar-refractivity contribution < 1.29 is 18.7 Å². The van der Waals surface area contributed by atoms with Crippen molar-refractivity contribution in [3.05, 3.63) is 24.0 Å². The Morgan fingerprint density at radius 3 is 2.81 bits per heavy atom. The average Bonchev–Trinajstić information content (AvgIpc) is 2.30. The fourth-order valence-corrected chi connectivity index (χ4v) is 1.21. The maximum absolute atomic E-state index is 12.9. The van der Waals surface area contributed by atoms with E-state index in [0.29, 0.717) is 18.0 Å². The summed E-state index contributed by atoms with van der Waals surface area (Å²) in [6.45, 7) is 0.411. The van der Waals surface area contributed by atoms with E-state index in [2.05, 4.69) is 10.1 Å². The molecule has 0 fully saturated rings. The van der Waals surface area contributed by atoms with Gasteiger partial charge in [-0.3, -0.25) is 4.79 Å². The highest BCUT2D eigenvalue weighted by Gasteiger charge is 2.05. The number of carbonyl (C=O) groups is 1. The Hall–Kier alpha value is -1.78. The summed E-state index contributed by atoms with van der Waals surface area (Å²) in [5.74, 6) is -0.256. The van der Waals surface area contributed by atoms with Crippen LogP contribution in [0.1, 0.15) is 6.42 Å². The number of nitrogens with one attached hydrogen (secondary N) is 1. The quantitative estimate of drug-likeness (QED) is 0.779. The average molecular weight is 227 g/mol. The van der Waals surface area contributed by atoms with E-state index in [1.165, 1.54) is 26.4 Å². The Kier molecular flexibility index (Phi) is 4.57. The Balaban J connectivity index is 2.56. The van der Waals surface area contributed by atoms with Gasteiger partial charge in [0.2, 0.25) is 0 Å². The molecule has 0 aromatic heterocycles. The third kappa shape index (κ3) is 3.42. The molecule has 1 aromatic carbocycles. The first kappa shape index (κ1) is 12.3. The van der Waals surface area contributed by atoms with Crippen LogP contribution in [0.25, 0.3) is 0 Å². The Labute approximate surface area is 93.4 Å². The largest absolute Gasteiger partial charge is 0.494 e. The SMILES string of the molecule is COC(=O)CCNc1ccc(F)cc1OC. The van der Waals surface area contributed by atoms with Crippen LogP contribution in [0.4, 0.5) is 10.1 Å². The van der Waals surface area contributed by atoms with Crippen LogP contribution in [0.2, 0.25) is 0 Å². The van der Waals surface area contributed by atoms with Gasteiger partial charge in [0.15, 0.2) is 0 Å². The molecule has 0 spiro atoms. The van der Waals surface area contributed by atoms with Crippen LogP contribution >= 0.6 is 0 Å². The van der Waals surface area contributed by atoms with E-state index in [0.717, 1.165) is 0 Å². The molecule has 0 saturated carbocycles. The van der Waals surface area contributed by atoms with Crippen LogP contribution in [0.15, 0.2) is 18.2 Å². The van der Waals surface area contributed by atoms with Gasteiger partial charge in [-0.15, -0.1) is 0 Å². The van der Waals surface area contributed by atoms with Crippen LogP contribution in [0.3, 0.4) is 0 Å². The summed E-state index contributed by atoms with van der Waals surface area (Å²) < 4.78 is 22.3. The number of esters is 1. The van der Waals surface area contributed by atoms with Crippen molar-refractivity contribution >= 4 is 11.7 Å². The van der Waals surface area contributed by atoms with Crippen LogP contribution in [-0.2, 0) is 9.53 Å². The Bertz CT molecular complexity index is 368. The van der Waals surface area contributed by atoms with E-state index in [9.17, 15) is 9.18 Å². The molecule has 4 nitrogen and oxygen atoms in total. The summed E-state index contributed by atoms with van der Waals surface area (Å²) in [7, 11) is 2.79. The van der Waals surface area contributed by atoms with Gasteiger partial charge in [0.25, 0.3) is 0 Å². The zero-order valence-electron chi connectivity index (χ0n) is 9.25. The van der Waals surface area contributed by atoms with Crippen molar-refractivity contribution in [3.8, 4) is 5.75 Å². The molecular weight excluding hydrogens is 213 g/mol. The molecule has 0 aliphatic heterocycles. The minimum Gasteiger partial charge on any atom is -0.494 e. The molecule has 0 aliphatic rings. The van der Waals surface area contributed by atoms with Gasteiger partial charge in [0.1, 0.15) is 11.6 Å². The highest BCUT2D eigenvalue weighted by Crippen LogP contribution is 2.24. The van der Waals surface area contributed by atoms with Gasteiger partial charge in [0.05, 0.1) is 26.3 Å². The molecule has 0 atom stereocenters. The molecule has 1 rings (SSSR count). The first-order chi connectivity index (χ1) is 7.67. The predicted molar refractivity (Wildman–Crippen MR) is 58.1 cm³/mol. The van der Waals surface area contributed by atoms with Crippen LogP contribution < -0.4 is 10.1 Å². The van der Waals surface area contributed by atoms with Crippen molar-refractivity contribution in [1.82, 2.24) is 0 Å². The first-order valence-corrected chi connectivity index (χ1v) is 4.81. The minimum atomic E-state index is -0.365. The zero-order valence-corrected chi connectivity index (χ0v) is 9.25. The van der Waals surface area contributed by atoms with Crippen molar-refractivity contribution in [2.75, 3.05) is 26.1 Å². The van der Waals surface area contributed by atoms with Gasteiger partial charge >= 0.3 is 5.97 Å². The van der Waals surface area contributed by atoms with E-state index in [1.54, 1.807) is 6.07 Å². The van der Waals surface area contributed by atoms with Crippen LogP contribution in [-0.4, -0.2) is 26.7 Å². The van der Waals surface area contributed by atoms with Crippen LogP contribution in [0.5, 0.6) is 5.75 Å². The number of halogens is 1. The van der Waals surface area contributed by atoms with Crippen molar-refractivity contribution in [1.29, 1.82) is 0 Å². The van der Waals surface area contributed by atoms with Gasteiger partial charge < -0.3 is 14.8 Å². The monoisotopic (exact) mass is 227 g/mol. The predicted octanol–water partition coefficient (Wildman–Crippen LogP) is 1.81. The first-order valence-electron chi connectivity index (χ1n) is 4.81. The van der Waals surface area contributed by atoms with E-state index < -0.39 is 0 Å². The normalized spacial score (nSPS) is 9.69. The topological polar surface area (TPSA) is 47.6 Å². The Morgan fingerprint density at radius 2 is 2.19 bits per heavy atom. The maximum Gasteiger partial charge on any atom is 0.307 e. The number of benzene rings is 1. The highest BCUT2D eigenvalue weighted by atomic mass is 19.1. The number of hydrogen-bond donors (Lipinski definition) is 1. The standard InChI is InChI=1S/C11H14FNO3/c1-15-10-7-8(12)3-4-9(10)13-6-5-11(14)16-2/h3-4,7,13H,5-6H2,1-2H3.